The molecular weight excluding hydrogens is 360 g/mol. The Hall–Kier alpha value is -1.04. The molecule has 5 heteroatoms. The van der Waals surface area contributed by atoms with Crippen molar-refractivity contribution in [1.29, 1.82) is 0 Å². The number of para-hydroxylation sites is 1. The third kappa shape index (κ3) is 3.48. The van der Waals surface area contributed by atoms with Crippen LogP contribution in [0.25, 0.3) is 0 Å². The highest BCUT2D eigenvalue weighted by Gasteiger charge is 2.05. The number of hydrazine groups is 1. The monoisotopic (exact) mass is 370 g/mol. The van der Waals surface area contributed by atoms with Crippen molar-refractivity contribution in [3.8, 4) is 5.75 Å². The van der Waals surface area contributed by atoms with Gasteiger partial charge in [-0.3, -0.25) is 0 Å². The molecule has 0 atom stereocenters. The second-order valence-corrected chi connectivity index (χ2v) is 5.46. The number of phenolic OH excluding ortho intramolecular Hbond substituents is 1. The van der Waals surface area contributed by atoms with Crippen molar-refractivity contribution in [3.05, 3.63) is 57.0 Å². The van der Waals surface area contributed by atoms with Crippen molar-refractivity contribution < 1.29 is 5.11 Å². The lowest BCUT2D eigenvalue weighted by Gasteiger charge is -2.10. The third-order valence-corrected chi connectivity index (χ3v) is 3.58. The van der Waals surface area contributed by atoms with Crippen LogP contribution < -0.4 is 10.9 Å². The van der Waals surface area contributed by atoms with E-state index >= 15 is 0 Å². The molecule has 0 saturated heterocycles. The summed E-state index contributed by atoms with van der Waals surface area (Å²) in [5, 5.41) is 9.60. The SMILES string of the molecule is Oc1c(Br)cc(CNNc2ccccc2)cc1Br. The van der Waals surface area contributed by atoms with Gasteiger partial charge in [-0.05, 0) is 61.7 Å². The van der Waals surface area contributed by atoms with Gasteiger partial charge in [0.25, 0.3) is 0 Å². The van der Waals surface area contributed by atoms with Crippen LogP contribution in [-0.4, -0.2) is 5.11 Å². The molecule has 0 aliphatic rings. The summed E-state index contributed by atoms with van der Waals surface area (Å²) in [7, 11) is 0. The van der Waals surface area contributed by atoms with Crippen LogP contribution in [0.2, 0.25) is 0 Å². The molecule has 3 nitrogen and oxygen atoms in total. The molecule has 3 N–H and O–H groups in total. The van der Waals surface area contributed by atoms with E-state index in [2.05, 4.69) is 42.7 Å². The lowest BCUT2D eigenvalue weighted by atomic mass is 10.2. The van der Waals surface area contributed by atoms with E-state index in [1.165, 1.54) is 0 Å². The number of anilines is 1. The van der Waals surface area contributed by atoms with Gasteiger partial charge in [0, 0.05) is 12.2 Å². The molecule has 0 unspecified atom stereocenters. The number of rotatable bonds is 4. The normalized spacial score (nSPS) is 10.3. The molecule has 0 radical (unpaired) electrons. The van der Waals surface area contributed by atoms with Crippen molar-refractivity contribution in [2.24, 2.45) is 0 Å². The van der Waals surface area contributed by atoms with E-state index in [4.69, 9.17) is 0 Å². The summed E-state index contributed by atoms with van der Waals surface area (Å²) in [6.07, 6.45) is 0. The second kappa shape index (κ2) is 6.22. The first kappa shape index (κ1) is 13.4. The average Bonchev–Trinajstić information content (AvgIpc) is 2.37. The number of benzene rings is 2. The number of aromatic hydroxyl groups is 1. The average molecular weight is 372 g/mol. The molecule has 2 rings (SSSR count). The van der Waals surface area contributed by atoms with E-state index in [0.717, 1.165) is 11.3 Å². The standard InChI is InChI=1S/C13H12Br2N2O/c14-11-6-9(7-12(15)13(11)18)8-16-17-10-4-2-1-3-5-10/h1-7,16-18H,8H2. The zero-order valence-electron chi connectivity index (χ0n) is 9.45. The lowest BCUT2D eigenvalue weighted by Crippen LogP contribution is -2.20. The molecule has 2 aromatic rings. The maximum Gasteiger partial charge on any atom is 0.143 e. The Morgan fingerprint density at radius 1 is 1.00 bits per heavy atom. The molecular formula is C13H12Br2N2O. The number of nitrogens with one attached hydrogen (secondary N) is 2. The Bertz CT molecular complexity index is 509. The molecule has 0 aliphatic heterocycles. The molecule has 2 aromatic carbocycles. The summed E-state index contributed by atoms with van der Waals surface area (Å²) in [5.41, 5.74) is 8.28. The molecule has 18 heavy (non-hydrogen) atoms. The zero-order chi connectivity index (χ0) is 13.0. The Balaban J connectivity index is 1.95. The van der Waals surface area contributed by atoms with Gasteiger partial charge in [0.1, 0.15) is 5.75 Å². The van der Waals surface area contributed by atoms with Crippen molar-refractivity contribution in [2.45, 2.75) is 6.54 Å². The number of hydrogen-bond donors (Lipinski definition) is 3. The van der Waals surface area contributed by atoms with Crippen LogP contribution in [0, 0.1) is 0 Å². The summed E-state index contributed by atoms with van der Waals surface area (Å²) >= 11 is 6.61. The minimum atomic E-state index is 0.217. The Kier molecular flexibility index (Phi) is 4.63. The number of halogens is 2. The number of phenols is 1. The van der Waals surface area contributed by atoms with Gasteiger partial charge in [0.15, 0.2) is 0 Å². The van der Waals surface area contributed by atoms with Gasteiger partial charge >= 0.3 is 0 Å². The molecule has 0 aliphatic carbocycles. The molecule has 0 amide bonds. The smallest absolute Gasteiger partial charge is 0.143 e. The maximum atomic E-state index is 9.60. The second-order valence-electron chi connectivity index (χ2n) is 3.75. The summed E-state index contributed by atoms with van der Waals surface area (Å²) in [6, 6.07) is 13.6. The van der Waals surface area contributed by atoms with E-state index in [-0.39, 0.29) is 5.75 Å². The summed E-state index contributed by atoms with van der Waals surface area (Å²) in [6.45, 7) is 0.645. The first-order valence-electron chi connectivity index (χ1n) is 5.37. The van der Waals surface area contributed by atoms with Gasteiger partial charge < -0.3 is 10.5 Å². The van der Waals surface area contributed by atoms with Gasteiger partial charge in [-0.15, -0.1) is 0 Å². The Morgan fingerprint density at radius 2 is 1.61 bits per heavy atom. The maximum absolute atomic E-state index is 9.60. The fraction of sp³-hybridized carbons (Fsp3) is 0.0769. The van der Waals surface area contributed by atoms with E-state index < -0.39 is 0 Å². The van der Waals surface area contributed by atoms with Crippen molar-refractivity contribution in [1.82, 2.24) is 5.43 Å². The minimum Gasteiger partial charge on any atom is -0.506 e. The molecule has 0 heterocycles. The van der Waals surface area contributed by atoms with E-state index in [1.54, 1.807) is 0 Å². The highest BCUT2D eigenvalue weighted by atomic mass is 79.9. The third-order valence-electron chi connectivity index (χ3n) is 2.38. The van der Waals surface area contributed by atoms with Gasteiger partial charge in [0.2, 0.25) is 0 Å². The molecule has 94 valence electrons. The molecule has 0 spiro atoms. The Morgan fingerprint density at radius 3 is 2.22 bits per heavy atom. The first-order chi connectivity index (χ1) is 8.66. The predicted molar refractivity (Wildman–Crippen MR) is 80.4 cm³/mol. The van der Waals surface area contributed by atoms with Crippen LogP contribution in [0.4, 0.5) is 5.69 Å². The molecule has 0 bridgehead atoms. The molecule has 0 fully saturated rings. The summed E-state index contributed by atoms with van der Waals surface area (Å²) in [5.74, 6) is 0.217. The predicted octanol–water partition coefficient (Wildman–Crippen LogP) is 4.03. The van der Waals surface area contributed by atoms with E-state index in [9.17, 15) is 5.11 Å². The van der Waals surface area contributed by atoms with Crippen molar-refractivity contribution in [2.75, 3.05) is 5.43 Å². The van der Waals surface area contributed by atoms with Crippen LogP contribution >= 0.6 is 31.9 Å². The van der Waals surface area contributed by atoms with Crippen LogP contribution in [0.3, 0.4) is 0 Å². The lowest BCUT2D eigenvalue weighted by molar-refractivity contribution is 0.468. The zero-order valence-corrected chi connectivity index (χ0v) is 12.6. The summed E-state index contributed by atoms with van der Waals surface area (Å²) in [4.78, 5) is 0. The Labute approximate surface area is 122 Å². The van der Waals surface area contributed by atoms with Crippen LogP contribution in [0.5, 0.6) is 5.75 Å². The first-order valence-corrected chi connectivity index (χ1v) is 6.96. The van der Waals surface area contributed by atoms with Crippen molar-refractivity contribution >= 4 is 37.5 Å². The molecule has 0 aromatic heterocycles. The fourth-order valence-electron chi connectivity index (χ4n) is 1.49. The van der Waals surface area contributed by atoms with Crippen LogP contribution in [-0.2, 0) is 6.54 Å². The van der Waals surface area contributed by atoms with Gasteiger partial charge in [-0.1, -0.05) is 18.2 Å². The summed E-state index contributed by atoms with van der Waals surface area (Å²) < 4.78 is 1.35. The highest BCUT2D eigenvalue weighted by molar-refractivity contribution is 9.11. The topological polar surface area (TPSA) is 44.3 Å². The number of hydrogen-bond acceptors (Lipinski definition) is 3. The van der Waals surface area contributed by atoms with E-state index in [1.807, 2.05) is 42.5 Å². The highest BCUT2D eigenvalue weighted by Crippen LogP contribution is 2.33. The van der Waals surface area contributed by atoms with Gasteiger partial charge in [0.05, 0.1) is 8.95 Å². The van der Waals surface area contributed by atoms with Gasteiger partial charge in [-0.25, -0.2) is 5.43 Å². The molecule has 0 saturated carbocycles. The van der Waals surface area contributed by atoms with Crippen LogP contribution in [0.15, 0.2) is 51.4 Å². The van der Waals surface area contributed by atoms with Crippen molar-refractivity contribution in [3.63, 3.8) is 0 Å². The largest absolute Gasteiger partial charge is 0.506 e. The van der Waals surface area contributed by atoms with Crippen LogP contribution in [0.1, 0.15) is 5.56 Å². The minimum absolute atomic E-state index is 0.217. The fourth-order valence-corrected chi connectivity index (χ4v) is 2.77. The quantitative estimate of drug-likeness (QED) is 0.711. The van der Waals surface area contributed by atoms with Gasteiger partial charge in [-0.2, -0.15) is 0 Å². The van der Waals surface area contributed by atoms with E-state index in [0.29, 0.717) is 15.5 Å².